The van der Waals surface area contributed by atoms with Gasteiger partial charge in [0.1, 0.15) is 12.2 Å². The van der Waals surface area contributed by atoms with Crippen LogP contribution in [0.15, 0.2) is 0 Å². The molecule has 3 atom stereocenters. The zero-order chi connectivity index (χ0) is 12.1. The van der Waals surface area contributed by atoms with Gasteiger partial charge in [0.05, 0.1) is 6.61 Å². The van der Waals surface area contributed by atoms with Crippen LogP contribution in [0.4, 0.5) is 0 Å². The van der Waals surface area contributed by atoms with E-state index in [0.717, 1.165) is 0 Å². The SMILES string of the molecule is CCO[C@](O)(C(=O)CC)[C@H](O)[C@H](O)CO. The van der Waals surface area contributed by atoms with Crippen molar-refractivity contribution in [1.82, 2.24) is 0 Å². The maximum Gasteiger partial charge on any atom is 0.256 e. The average molecular weight is 222 g/mol. The monoisotopic (exact) mass is 222 g/mol. The standard InChI is InChI=1S/C9H18O6/c1-3-7(12)9(14,15-4-2)8(13)6(11)5-10/h6,8,10-11,13-14H,3-5H2,1-2H3/t6-,8-,9-/m1/s1. The largest absolute Gasteiger partial charge is 0.394 e. The molecule has 0 unspecified atom stereocenters. The van der Waals surface area contributed by atoms with Crippen LogP contribution in [-0.4, -0.2) is 57.4 Å². The molecule has 0 spiro atoms. The van der Waals surface area contributed by atoms with E-state index < -0.39 is 30.4 Å². The molecule has 15 heavy (non-hydrogen) atoms. The minimum absolute atomic E-state index is 0.00253. The van der Waals surface area contributed by atoms with Crippen molar-refractivity contribution < 1.29 is 30.0 Å². The lowest BCUT2D eigenvalue weighted by molar-refractivity contribution is -0.259. The van der Waals surface area contributed by atoms with Crippen LogP contribution in [0.1, 0.15) is 20.3 Å². The predicted octanol–water partition coefficient (Wildman–Crippen LogP) is -1.60. The van der Waals surface area contributed by atoms with Crippen LogP contribution >= 0.6 is 0 Å². The van der Waals surface area contributed by atoms with Crippen molar-refractivity contribution >= 4 is 5.78 Å². The Morgan fingerprint density at radius 1 is 1.40 bits per heavy atom. The lowest BCUT2D eigenvalue weighted by Crippen LogP contribution is -2.57. The highest BCUT2D eigenvalue weighted by Gasteiger charge is 2.46. The van der Waals surface area contributed by atoms with Gasteiger partial charge in [-0.05, 0) is 6.92 Å². The molecule has 0 rings (SSSR count). The van der Waals surface area contributed by atoms with Crippen molar-refractivity contribution in [3.63, 3.8) is 0 Å². The Balaban J connectivity index is 4.84. The quantitative estimate of drug-likeness (QED) is 0.387. The van der Waals surface area contributed by atoms with Crippen molar-refractivity contribution in [1.29, 1.82) is 0 Å². The molecule has 0 aliphatic rings. The molecule has 4 N–H and O–H groups in total. The second kappa shape index (κ2) is 6.14. The number of carbonyl (C=O) groups excluding carboxylic acids is 1. The Hall–Kier alpha value is -0.530. The molecule has 0 bridgehead atoms. The second-order valence-corrected chi connectivity index (χ2v) is 3.10. The van der Waals surface area contributed by atoms with Crippen molar-refractivity contribution in [2.75, 3.05) is 13.2 Å². The van der Waals surface area contributed by atoms with Crippen LogP contribution in [0.2, 0.25) is 0 Å². The van der Waals surface area contributed by atoms with E-state index >= 15 is 0 Å². The van der Waals surface area contributed by atoms with Gasteiger partial charge in [-0.3, -0.25) is 4.79 Å². The van der Waals surface area contributed by atoms with Crippen LogP contribution in [-0.2, 0) is 9.53 Å². The lowest BCUT2D eigenvalue weighted by atomic mass is 9.98. The van der Waals surface area contributed by atoms with Gasteiger partial charge in [0.25, 0.3) is 5.79 Å². The minimum atomic E-state index is -2.45. The fraction of sp³-hybridized carbons (Fsp3) is 0.889. The van der Waals surface area contributed by atoms with E-state index in [9.17, 15) is 15.0 Å². The lowest BCUT2D eigenvalue weighted by Gasteiger charge is -2.32. The number of ketones is 1. The zero-order valence-electron chi connectivity index (χ0n) is 8.88. The molecule has 90 valence electrons. The molecule has 0 amide bonds. The summed E-state index contributed by atoms with van der Waals surface area (Å²) in [6.45, 7) is 2.25. The first-order valence-electron chi connectivity index (χ1n) is 4.80. The Morgan fingerprint density at radius 3 is 2.27 bits per heavy atom. The summed E-state index contributed by atoms with van der Waals surface area (Å²) in [6, 6.07) is 0. The van der Waals surface area contributed by atoms with Crippen LogP contribution in [0.3, 0.4) is 0 Å². The minimum Gasteiger partial charge on any atom is -0.394 e. The molecule has 0 aliphatic carbocycles. The molecule has 0 aromatic heterocycles. The molecule has 0 radical (unpaired) electrons. The van der Waals surface area contributed by atoms with Gasteiger partial charge < -0.3 is 25.2 Å². The van der Waals surface area contributed by atoms with Crippen LogP contribution in [0, 0.1) is 0 Å². The molecular formula is C9H18O6. The summed E-state index contributed by atoms with van der Waals surface area (Å²) < 4.78 is 4.75. The summed E-state index contributed by atoms with van der Waals surface area (Å²) in [5, 5.41) is 37.0. The Bertz CT molecular complexity index is 207. The van der Waals surface area contributed by atoms with Crippen LogP contribution < -0.4 is 0 Å². The van der Waals surface area contributed by atoms with E-state index in [1.165, 1.54) is 13.8 Å². The Kier molecular flexibility index (Phi) is 5.92. The number of aliphatic hydroxyl groups is 4. The maximum atomic E-state index is 11.4. The molecule has 0 heterocycles. The highest BCUT2D eigenvalue weighted by atomic mass is 16.6. The summed E-state index contributed by atoms with van der Waals surface area (Å²) in [5.41, 5.74) is 0. The fourth-order valence-corrected chi connectivity index (χ4v) is 1.16. The predicted molar refractivity (Wildman–Crippen MR) is 51.0 cm³/mol. The van der Waals surface area contributed by atoms with E-state index in [1.807, 2.05) is 0 Å². The number of carbonyl (C=O) groups is 1. The third kappa shape index (κ3) is 3.22. The van der Waals surface area contributed by atoms with E-state index in [4.69, 9.17) is 14.9 Å². The number of aliphatic hydroxyl groups excluding tert-OH is 3. The molecule has 6 nitrogen and oxygen atoms in total. The second-order valence-electron chi connectivity index (χ2n) is 3.10. The summed E-state index contributed by atoms with van der Waals surface area (Å²) in [7, 11) is 0. The summed E-state index contributed by atoms with van der Waals surface area (Å²) >= 11 is 0. The van der Waals surface area contributed by atoms with Crippen molar-refractivity contribution in [3.8, 4) is 0 Å². The van der Waals surface area contributed by atoms with Gasteiger partial charge in [0.2, 0.25) is 0 Å². The van der Waals surface area contributed by atoms with Gasteiger partial charge in [-0.25, -0.2) is 0 Å². The topological polar surface area (TPSA) is 107 Å². The number of Topliss-reactive ketones (excluding diaryl/α,β-unsaturated/α-hetero) is 1. The van der Waals surface area contributed by atoms with Gasteiger partial charge in [-0.1, -0.05) is 6.92 Å². The molecule has 6 heteroatoms. The van der Waals surface area contributed by atoms with Crippen molar-refractivity contribution in [2.45, 2.75) is 38.3 Å². The number of ether oxygens (including phenoxy) is 1. The summed E-state index contributed by atoms with van der Waals surface area (Å²) in [4.78, 5) is 11.4. The number of hydrogen-bond donors (Lipinski definition) is 4. The van der Waals surface area contributed by atoms with Gasteiger partial charge in [0, 0.05) is 13.0 Å². The number of rotatable bonds is 7. The molecule has 0 aromatic carbocycles. The van der Waals surface area contributed by atoms with Crippen LogP contribution in [0.25, 0.3) is 0 Å². The first kappa shape index (κ1) is 14.5. The molecule has 0 aromatic rings. The van der Waals surface area contributed by atoms with Gasteiger partial charge in [-0.2, -0.15) is 0 Å². The van der Waals surface area contributed by atoms with E-state index in [0.29, 0.717) is 0 Å². The van der Waals surface area contributed by atoms with Gasteiger partial charge in [0.15, 0.2) is 5.78 Å². The van der Waals surface area contributed by atoms with Gasteiger partial charge >= 0.3 is 0 Å². The van der Waals surface area contributed by atoms with Crippen molar-refractivity contribution in [2.24, 2.45) is 0 Å². The van der Waals surface area contributed by atoms with Gasteiger partial charge in [-0.15, -0.1) is 0 Å². The normalized spacial score (nSPS) is 19.3. The molecule has 0 fully saturated rings. The van der Waals surface area contributed by atoms with Crippen molar-refractivity contribution in [3.05, 3.63) is 0 Å². The smallest absolute Gasteiger partial charge is 0.256 e. The Labute approximate surface area is 88.1 Å². The van der Waals surface area contributed by atoms with Crippen LogP contribution in [0.5, 0.6) is 0 Å². The molecule has 0 saturated heterocycles. The molecule has 0 saturated carbocycles. The molecular weight excluding hydrogens is 204 g/mol. The average Bonchev–Trinajstić information content (AvgIpc) is 2.25. The van der Waals surface area contributed by atoms with E-state index in [1.54, 1.807) is 0 Å². The summed E-state index contributed by atoms with van der Waals surface area (Å²) in [5.74, 6) is -3.20. The first-order valence-corrected chi connectivity index (χ1v) is 4.80. The molecule has 0 aliphatic heterocycles. The van der Waals surface area contributed by atoms with E-state index in [-0.39, 0.29) is 13.0 Å². The summed E-state index contributed by atoms with van der Waals surface area (Å²) in [6.07, 6.45) is -3.54. The third-order valence-electron chi connectivity index (χ3n) is 2.04. The zero-order valence-corrected chi connectivity index (χ0v) is 8.88. The highest BCUT2D eigenvalue weighted by Crippen LogP contribution is 2.19. The number of hydrogen-bond acceptors (Lipinski definition) is 6. The highest BCUT2D eigenvalue weighted by molar-refractivity contribution is 5.86. The van der Waals surface area contributed by atoms with E-state index in [2.05, 4.69) is 0 Å². The fourth-order valence-electron chi connectivity index (χ4n) is 1.16. The maximum absolute atomic E-state index is 11.4. The Morgan fingerprint density at radius 2 is 1.93 bits per heavy atom. The first-order chi connectivity index (χ1) is 6.93. The third-order valence-corrected chi connectivity index (χ3v) is 2.04.